The molecule has 2 rings (SSSR count). The lowest BCUT2D eigenvalue weighted by Gasteiger charge is -2.16. The SMILES string of the molecule is CNC[C@@H]1CCN(C(=O)c2cccc(C)c2)C1. The van der Waals surface area contributed by atoms with E-state index in [1.165, 1.54) is 0 Å². The van der Waals surface area contributed by atoms with Crippen molar-refractivity contribution >= 4 is 5.91 Å². The summed E-state index contributed by atoms with van der Waals surface area (Å²) in [6, 6.07) is 7.84. The van der Waals surface area contributed by atoms with Gasteiger partial charge in [0.15, 0.2) is 0 Å². The van der Waals surface area contributed by atoms with Crippen LogP contribution >= 0.6 is 0 Å². The fourth-order valence-corrected chi connectivity index (χ4v) is 2.43. The highest BCUT2D eigenvalue weighted by Crippen LogP contribution is 2.18. The van der Waals surface area contributed by atoms with E-state index in [1.807, 2.05) is 43.1 Å². The normalized spacial score (nSPS) is 19.6. The predicted molar refractivity (Wildman–Crippen MR) is 69.1 cm³/mol. The van der Waals surface area contributed by atoms with E-state index in [2.05, 4.69) is 5.32 Å². The molecule has 1 atom stereocenters. The van der Waals surface area contributed by atoms with Crippen molar-refractivity contribution in [1.82, 2.24) is 10.2 Å². The van der Waals surface area contributed by atoms with Crippen LogP contribution in [0.4, 0.5) is 0 Å². The first-order valence-corrected chi connectivity index (χ1v) is 6.21. The summed E-state index contributed by atoms with van der Waals surface area (Å²) in [5.74, 6) is 0.779. The Balaban J connectivity index is 2.02. The van der Waals surface area contributed by atoms with Gasteiger partial charge >= 0.3 is 0 Å². The average molecular weight is 232 g/mol. The molecule has 1 amide bonds. The molecule has 1 aromatic rings. The molecule has 3 nitrogen and oxygen atoms in total. The lowest BCUT2D eigenvalue weighted by atomic mass is 10.1. The molecule has 0 spiro atoms. The Kier molecular flexibility index (Phi) is 3.79. The number of aryl methyl sites for hydroxylation is 1. The van der Waals surface area contributed by atoms with Crippen LogP contribution in [-0.2, 0) is 0 Å². The molecule has 1 aliphatic heterocycles. The minimum absolute atomic E-state index is 0.173. The summed E-state index contributed by atoms with van der Waals surface area (Å²) < 4.78 is 0. The van der Waals surface area contributed by atoms with Gasteiger partial charge in [0, 0.05) is 18.7 Å². The molecule has 1 aromatic carbocycles. The van der Waals surface area contributed by atoms with E-state index in [0.717, 1.165) is 37.2 Å². The van der Waals surface area contributed by atoms with E-state index < -0.39 is 0 Å². The molecule has 1 heterocycles. The van der Waals surface area contributed by atoms with Crippen molar-refractivity contribution in [3.05, 3.63) is 35.4 Å². The first-order valence-electron chi connectivity index (χ1n) is 6.21. The minimum Gasteiger partial charge on any atom is -0.338 e. The average Bonchev–Trinajstić information content (AvgIpc) is 2.77. The molecular weight excluding hydrogens is 212 g/mol. The van der Waals surface area contributed by atoms with Crippen LogP contribution in [0.25, 0.3) is 0 Å². The highest BCUT2D eigenvalue weighted by molar-refractivity contribution is 5.94. The van der Waals surface area contributed by atoms with Gasteiger partial charge in [0.05, 0.1) is 0 Å². The van der Waals surface area contributed by atoms with E-state index in [-0.39, 0.29) is 5.91 Å². The zero-order valence-electron chi connectivity index (χ0n) is 10.6. The van der Waals surface area contributed by atoms with Crippen molar-refractivity contribution in [2.75, 3.05) is 26.7 Å². The van der Waals surface area contributed by atoms with Crippen LogP contribution in [0.3, 0.4) is 0 Å². The second kappa shape index (κ2) is 5.32. The summed E-state index contributed by atoms with van der Waals surface area (Å²) >= 11 is 0. The molecule has 0 radical (unpaired) electrons. The second-order valence-corrected chi connectivity index (χ2v) is 4.83. The number of likely N-dealkylation sites (tertiary alicyclic amines) is 1. The van der Waals surface area contributed by atoms with Gasteiger partial charge < -0.3 is 10.2 Å². The molecule has 92 valence electrons. The van der Waals surface area contributed by atoms with E-state index in [1.54, 1.807) is 0 Å². The smallest absolute Gasteiger partial charge is 0.253 e. The predicted octanol–water partition coefficient (Wildman–Crippen LogP) is 1.68. The maximum Gasteiger partial charge on any atom is 0.253 e. The summed E-state index contributed by atoms with van der Waals surface area (Å²) in [5.41, 5.74) is 1.96. The monoisotopic (exact) mass is 232 g/mol. The number of hydrogen-bond acceptors (Lipinski definition) is 2. The second-order valence-electron chi connectivity index (χ2n) is 4.83. The fraction of sp³-hybridized carbons (Fsp3) is 0.500. The number of carbonyl (C=O) groups excluding carboxylic acids is 1. The van der Waals surface area contributed by atoms with Crippen molar-refractivity contribution in [3.63, 3.8) is 0 Å². The van der Waals surface area contributed by atoms with Gasteiger partial charge in [-0.1, -0.05) is 17.7 Å². The van der Waals surface area contributed by atoms with Crippen molar-refractivity contribution in [1.29, 1.82) is 0 Å². The summed E-state index contributed by atoms with van der Waals surface area (Å²) in [5, 5.41) is 3.18. The number of carbonyl (C=O) groups is 1. The number of rotatable bonds is 3. The van der Waals surface area contributed by atoms with Gasteiger partial charge in [-0.15, -0.1) is 0 Å². The summed E-state index contributed by atoms with van der Waals surface area (Å²) in [4.78, 5) is 14.2. The summed E-state index contributed by atoms with van der Waals surface area (Å²) in [7, 11) is 1.96. The zero-order valence-corrected chi connectivity index (χ0v) is 10.6. The third-order valence-electron chi connectivity index (χ3n) is 3.33. The number of amides is 1. The van der Waals surface area contributed by atoms with E-state index in [0.29, 0.717) is 5.92 Å². The largest absolute Gasteiger partial charge is 0.338 e. The van der Waals surface area contributed by atoms with Crippen molar-refractivity contribution in [2.45, 2.75) is 13.3 Å². The quantitative estimate of drug-likeness (QED) is 0.860. The minimum atomic E-state index is 0.173. The highest BCUT2D eigenvalue weighted by Gasteiger charge is 2.26. The Morgan fingerprint density at radius 2 is 2.35 bits per heavy atom. The molecule has 0 aliphatic carbocycles. The van der Waals surface area contributed by atoms with Crippen LogP contribution in [0.1, 0.15) is 22.3 Å². The number of benzene rings is 1. The van der Waals surface area contributed by atoms with Gasteiger partial charge in [-0.2, -0.15) is 0 Å². The van der Waals surface area contributed by atoms with E-state index >= 15 is 0 Å². The van der Waals surface area contributed by atoms with Gasteiger partial charge in [0.1, 0.15) is 0 Å². The van der Waals surface area contributed by atoms with Gasteiger partial charge in [-0.3, -0.25) is 4.79 Å². The maximum atomic E-state index is 12.3. The Bertz CT molecular complexity index is 403. The molecule has 0 unspecified atom stereocenters. The van der Waals surface area contributed by atoms with Crippen molar-refractivity contribution < 1.29 is 4.79 Å². The van der Waals surface area contributed by atoms with Crippen LogP contribution in [0.5, 0.6) is 0 Å². The van der Waals surface area contributed by atoms with Gasteiger partial charge in [-0.05, 0) is 45.0 Å². The van der Waals surface area contributed by atoms with Crippen LogP contribution in [-0.4, -0.2) is 37.5 Å². The van der Waals surface area contributed by atoms with Crippen molar-refractivity contribution in [3.8, 4) is 0 Å². The zero-order chi connectivity index (χ0) is 12.3. The third kappa shape index (κ3) is 2.86. The van der Waals surface area contributed by atoms with Crippen LogP contribution < -0.4 is 5.32 Å². The maximum absolute atomic E-state index is 12.3. The molecule has 0 saturated carbocycles. The van der Waals surface area contributed by atoms with E-state index in [9.17, 15) is 4.79 Å². The molecular formula is C14H20N2O. The number of nitrogens with zero attached hydrogens (tertiary/aromatic N) is 1. The number of hydrogen-bond donors (Lipinski definition) is 1. The Morgan fingerprint density at radius 1 is 1.53 bits per heavy atom. The molecule has 0 aromatic heterocycles. The van der Waals surface area contributed by atoms with Crippen molar-refractivity contribution in [2.24, 2.45) is 5.92 Å². The van der Waals surface area contributed by atoms with Crippen LogP contribution in [0.15, 0.2) is 24.3 Å². The highest BCUT2D eigenvalue weighted by atomic mass is 16.2. The van der Waals surface area contributed by atoms with Gasteiger partial charge in [0.25, 0.3) is 5.91 Å². The Morgan fingerprint density at radius 3 is 3.06 bits per heavy atom. The summed E-state index contributed by atoms with van der Waals surface area (Å²) in [6.07, 6.45) is 1.11. The molecule has 0 bridgehead atoms. The van der Waals surface area contributed by atoms with Crippen LogP contribution in [0, 0.1) is 12.8 Å². The third-order valence-corrected chi connectivity index (χ3v) is 3.33. The lowest BCUT2D eigenvalue weighted by Crippen LogP contribution is -2.30. The molecule has 1 aliphatic rings. The lowest BCUT2D eigenvalue weighted by molar-refractivity contribution is 0.0787. The van der Waals surface area contributed by atoms with Gasteiger partial charge in [-0.25, -0.2) is 0 Å². The number of nitrogens with one attached hydrogen (secondary N) is 1. The Labute approximate surface area is 103 Å². The van der Waals surface area contributed by atoms with Gasteiger partial charge in [0.2, 0.25) is 0 Å². The van der Waals surface area contributed by atoms with E-state index in [4.69, 9.17) is 0 Å². The molecule has 1 saturated heterocycles. The molecule has 3 heteroatoms. The Hall–Kier alpha value is -1.35. The fourth-order valence-electron chi connectivity index (χ4n) is 2.43. The van der Waals surface area contributed by atoms with Crippen LogP contribution in [0.2, 0.25) is 0 Å². The molecule has 17 heavy (non-hydrogen) atoms. The first kappa shape index (κ1) is 12.1. The first-order chi connectivity index (χ1) is 8.20. The standard InChI is InChI=1S/C14H20N2O/c1-11-4-3-5-13(8-11)14(17)16-7-6-12(10-16)9-15-2/h3-5,8,12,15H,6-7,9-10H2,1-2H3/t12-/m0/s1. The summed E-state index contributed by atoms with van der Waals surface area (Å²) in [6.45, 7) is 4.79. The topological polar surface area (TPSA) is 32.3 Å². The molecule has 1 fully saturated rings. The molecule has 1 N–H and O–H groups in total.